The first-order valence-electron chi connectivity index (χ1n) is 8.66. The lowest BCUT2D eigenvalue weighted by molar-refractivity contribution is -0.137. The van der Waals surface area contributed by atoms with Crippen molar-refractivity contribution in [3.63, 3.8) is 0 Å². The molecule has 0 aromatic carbocycles. The number of unbranched alkanes of at least 4 members (excludes halogenated alkanes) is 6. The van der Waals surface area contributed by atoms with Crippen LogP contribution in [-0.4, -0.2) is 29.1 Å². The molecule has 0 aromatic rings. The van der Waals surface area contributed by atoms with E-state index in [-0.39, 0.29) is 24.3 Å². The third-order valence-corrected chi connectivity index (χ3v) is 3.94. The fourth-order valence-corrected chi connectivity index (χ4v) is 2.38. The van der Waals surface area contributed by atoms with Crippen LogP contribution in [0.4, 0.5) is 0 Å². The summed E-state index contributed by atoms with van der Waals surface area (Å²) in [5.74, 6) is -1.08. The van der Waals surface area contributed by atoms with Gasteiger partial charge >= 0.3 is 5.97 Å². The van der Waals surface area contributed by atoms with Gasteiger partial charge in [-0.25, -0.2) is 0 Å². The summed E-state index contributed by atoms with van der Waals surface area (Å²) in [5.41, 5.74) is 5.80. The van der Waals surface area contributed by atoms with Crippen LogP contribution >= 0.6 is 0 Å². The number of carboxylic acids is 1. The number of hydrogen-bond acceptors (Lipinski definition) is 3. The Morgan fingerprint density at radius 2 is 1.59 bits per heavy atom. The van der Waals surface area contributed by atoms with Crippen molar-refractivity contribution in [2.45, 2.75) is 90.6 Å². The fourth-order valence-electron chi connectivity index (χ4n) is 2.38. The van der Waals surface area contributed by atoms with Gasteiger partial charge in [0.1, 0.15) is 0 Å². The van der Waals surface area contributed by atoms with E-state index in [1.54, 1.807) is 0 Å². The number of carbonyl (C=O) groups excluding carboxylic acids is 1. The molecule has 5 nitrogen and oxygen atoms in total. The summed E-state index contributed by atoms with van der Waals surface area (Å²) in [4.78, 5) is 22.9. The number of nitrogens with two attached hydrogens (primary N) is 1. The average Bonchev–Trinajstić information content (AvgIpc) is 2.44. The van der Waals surface area contributed by atoms with Gasteiger partial charge in [0.25, 0.3) is 0 Å². The van der Waals surface area contributed by atoms with Gasteiger partial charge in [-0.1, -0.05) is 65.7 Å². The molecule has 0 saturated carbocycles. The van der Waals surface area contributed by atoms with Gasteiger partial charge in [0, 0.05) is 6.04 Å². The van der Waals surface area contributed by atoms with Crippen molar-refractivity contribution < 1.29 is 14.7 Å². The van der Waals surface area contributed by atoms with E-state index in [0.717, 1.165) is 12.8 Å². The molecule has 0 aliphatic heterocycles. The molecule has 1 amide bonds. The summed E-state index contributed by atoms with van der Waals surface area (Å²) >= 11 is 0. The Balaban J connectivity index is 4.08. The molecule has 0 radical (unpaired) electrons. The topological polar surface area (TPSA) is 92.4 Å². The largest absolute Gasteiger partial charge is 0.481 e. The summed E-state index contributed by atoms with van der Waals surface area (Å²) in [7, 11) is 0. The standard InChI is InChI=1S/C17H34N2O3/c1-4-5-6-7-8-9-10-11-14(12-15(20)21)19-17(22)16(18)13(2)3/h13-14,16H,4-12,18H2,1-3H3,(H,19,22)(H,20,21)/t14-,16+/m1/s1. The van der Waals surface area contributed by atoms with Gasteiger partial charge in [-0.15, -0.1) is 0 Å². The molecule has 0 spiro atoms. The predicted molar refractivity (Wildman–Crippen MR) is 89.6 cm³/mol. The molecule has 22 heavy (non-hydrogen) atoms. The molecule has 0 aliphatic carbocycles. The maximum absolute atomic E-state index is 12.0. The molecule has 2 atom stereocenters. The number of nitrogens with one attached hydrogen (secondary N) is 1. The Kier molecular flexibility index (Phi) is 11.8. The molecule has 0 unspecified atom stereocenters. The minimum atomic E-state index is -0.883. The van der Waals surface area contributed by atoms with Crippen molar-refractivity contribution in [3.05, 3.63) is 0 Å². The van der Waals surface area contributed by atoms with Gasteiger partial charge in [-0.2, -0.15) is 0 Å². The highest BCUT2D eigenvalue weighted by atomic mass is 16.4. The van der Waals surface area contributed by atoms with Crippen molar-refractivity contribution in [2.75, 3.05) is 0 Å². The molecule has 0 aliphatic rings. The second-order valence-electron chi connectivity index (χ2n) is 6.48. The lowest BCUT2D eigenvalue weighted by Gasteiger charge is -2.21. The van der Waals surface area contributed by atoms with E-state index in [4.69, 9.17) is 10.8 Å². The zero-order chi connectivity index (χ0) is 17.0. The molecule has 5 heteroatoms. The van der Waals surface area contributed by atoms with E-state index < -0.39 is 12.0 Å². The first-order valence-corrected chi connectivity index (χ1v) is 8.66. The lowest BCUT2D eigenvalue weighted by Crippen LogP contribution is -2.48. The van der Waals surface area contributed by atoms with Crippen molar-refractivity contribution in [2.24, 2.45) is 11.7 Å². The maximum atomic E-state index is 12.0. The van der Waals surface area contributed by atoms with Crippen molar-refractivity contribution in [1.29, 1.82) is 0 Å². The van der Waals surface area contributed by atoms with Gasteiger partial charge in [-0.05, 0) is 12.3 Å². The Hall–Kier alpha value is -1.10. The molecule has 0 heterocycles. The number of amides is 1. The Morgan fingerprint density at radius 1 is 1.05 bits per heavy atom. The van der Waals surface area contributed by atoms with E-state index in [2.05, 4.69) is 12.2 Å². The number of carboxylic acid groups (broad SMARTS) is 1. The Bertz CT molecular complexity index is 319. The molecular weight excluding hydrogens is 280 g/mol. The minimum absolute atomic E-state index is 0.0353. The molecule has 0 bridgehead atoms. The molecule has 130 valence electrons. The fraction of sp³-hybridized carbons (Fsp3) is 0.882. The highest BCUT2D eigenvalue weighted by Gasteiger charge is 2.21. The zero-order valence-electron chi connectivity index (χ0n) is 14.4. The summed E-state index contributed by atoms with van der Waals surface area (Å²) in [6.45, 7) is 5.96. The van der Waals surface area contributed by atoms with E-state index in [1.807, 2.05) is 13.8 Å². The third kappa shape index (κ3) is 10.6. The normalized spacial score (nSPS) is 13.9. The van der Waals surface area contributed by atoms with E-state index in [1.165, 1.54) is 32.1 Å². The predicted octanol–water partition coefficient (Wildman–Crippen LogP) is 3.07. The highest BCUT2D eigenvalue weighted by Crippen LogP contribution is 2.12. The summed E-state index contributed by atoms with van der Waals surface area (Å²) < 4.78 is 0. The molecule has 0 fully saturated rings. The van der Waals surface area contributed by atoms with Gasteiger partial charge in [0.05, 0.1) is 12.5 Å². The third-order valence-electron chi connectivity index (χ3n) is 3.94. The quantitative estimate of drug-likeness (QED) is 0.455. The maximum Gasteiger partial charge on any atom is 0.305 e. The lowest BCUT2D eigenvalue weighted by atomic mass is 10.0. The van der Waals surface area contributed by atoms with Crippen LogP contribution in [0.3, 0.4) is 0 Å². The molecule has 4 N–H and O–H groups in total. The Labute approximate surface area is 135 Å². The van der Waals surface area contributed by atoms with Crippen LogP contribution in [0.1, 0.15) is 78.6 Å². The summed E-state index contributed by atoms with van der Waals surface area (Å²) in [6, 6.07) is -0.893. The van der Waals surface area contributed by atoms with Crippen LogP contribution in [0, 0.1) is 5.92 Å². The van der Waals surface area contributed by atoms with Gasteiger partial charge < -0.3 is 16.2 Å². The van der Waals surface area contributed by atoms with Crippen LogP contribution in [0.15, 0.2) is 0 Å². The van der Waals surface area contributed by atoms with Crippen LogP contribution in [0.5, 0.6) is 0 Å². The molecule has 0 rings (SSSR count). The van der Waals surface area contributed by atoms with E-state index in [9.17, 15) is 9.59 Å². The van der Waals surface area contributed by atoms with Gasteiger partial charge in [0.15, 0.2) is 0 Å². The smallest absolute Gasteiger partial charge is 0.305 e. The van der Waals surface area contributed by atoms with Crippen LogP contribution < -0.4 is 11.1 Å². The van der Waals surface area contributed by atoms with Crippen LogP contribution in [0.2, 0.25) is 0 Å². The summed E-state index contributed by atoms with van der Waals surface area (Å²) in [6.07, 6.45) is 8.92. The highest BCUT2D eigenvalue weighted by molar-refractivity contribution is 5.82. The van der Waals surface area contributed by atoms with Crippen molar-refractivity contribution in [1.82, 2.24) is 5.32 Å². The van der Waals surface area contributed by atoms with E-state index >= 15 is 0 Å². The molecule has 0 aromatic heterocycles. The number of carbonyl (C=O) groups is 2. The van der Waals surface area contributed by atoms with Gasteiger partial charge in [0.2, 0.25) is 5.91 Å². The average molecular weight is 314 g/mol. The number of rotatable bonds is 13. The molecular formula is C17H34N2O3. The monoisotopic (exact) mass is 314 g/mol. The van der Waals surface area contributed by atoms with E-state index in [0.29, 0.717) is 6.42 Å². The number of hydrogen-bond donors (Lipinski definition) is 3. The summed E-state index contributed by atoms with van der Waals surface area (Å²) in [5, 5.41) is 11.8. The van der Waals surface area contributed by atoms with Crippen molar-refractivity contribution in [3.8, 4) is 0 Å². The SMILES string of the molecule is CCCCCCCCC[C@H](CC(=O)O)NC(=O)[C@@H](N)C(C)C. The first-order chi connectivity index (χ1) is 10.4. The minimum Gasteiger partial charge on any atom is -0.481 e. The van der Waals surface area contributed by atoms with Crippen LogP contribution in [-0.2, 0) is 9.59 Å². The van der Waals surface area contributed by atoms with Crippen molar-refractivity contribution >= 4 is 11.9 Å². The Morgan fingerprint density at radius 3 is 2.09 bits per heavy atom. The second-order valence-corrected chi connectivity index (χ2v) is 6.48. The van der Waals surface area contributed by atoms with Gasteiger partial charge in [-0.3, -0.25) is 9.59 Å². The van der Waals surface area contributed by atoms with Crippen LogP contribution in [0.25, 0.3) is 0 Å². The second kappa shape index (κ2) is 12.4. The zero-order valence-corrected chi connectivity index (χ0v) is 14.4. The number of aliphatic carboxylic acids is 1. The molecule has 0 saturated heterocycles. The first kappa shape index (κ1) is 20.9.